The largest absolute Gasteiger partial charge is 0.321 e. The Morgan fingerprint density at radius 2 is 1.81 bits per heavy atom. The summed E-state index contributed by atoms with van der Waals surface area (Å²) in [5.74, 6) is 1.88. The molecule has 27 heavy (non-hydrogen) atoms. The number of hydrogen-bond acceptors (Lipinski definition) is 5. The fourth-order valence-corrected chi connectivity index (χ4v) is 2.74. The Hall–Kier alpha value is -3.61. The molecular weight excluding hydrogens is 340 g/mol. The summed E-state index contributed by atoms with van der Waals surface area (Å²) in [6.07, 6.45) is 5.06. The minimum absolute atomic E-state index is 0.129. The van der Waals surface area contributed by atoms with Gasteiger partial charge < -0.3 is 4.98 Å². The average Bonchev–Trinajstić information content (AvgIpc) is 3.15. The van der Waals surface area contributed by atoms with Gasteiger partial charge in [0.15, 0.2) is 17.5 Å². The second-order valence-corrected chi connectivity index (χ2v) is 6.40. The number of rotatable bonds is 4. The van der Waals surface area contributed by atoms with E-state index in [0.717, 1.165) is 11.3 Å². The smallest absolute Gasteiger partial charge is 0.259 e. The number of H-pyrrole nitrogens is 1. The third-order valence-corrected chi connectivity index (χ3v) is 4.15. The van der Waals surface area contributed by atoms with E-state index >= 15 is 0 Å². The monoisotopic (exact) mass is 358 g/mol. The zero-order valence-corrected chi connectivity index (χ0v) is 15.0. The predicted octanol–water partition coefficient (Wildman–Crippen LogP) is 3.20. The lowest BCUT2D eigenvalue weighted by Gasteiger charge is -2.06. The van der Waals surface area contributed by atoms with E-state index in [4.69, 9.17) is 0 Å². The molecule has 0 bridgehead atoms. The highest BCUT2D eigenvalue weighted by Crippen LogP contribution is 2.22. The standard InChI is InChI=1S/C20H18N6O/c1-13(2)18-24-19(26(25-18)17-5-3-4-10-22-17)15-6-7-16(23-20(15)27)14-8-11-21-12-9-14/h3-13H,1-2H3,(H,23,27). The summed E-state index contributed by atoms with van der Waals surface area (Å²) in [5, 5.41) is 4.56. The number of aromatic nitrogens is 6. The van der Waals surface area contributed by atoms with Gasteiger partial charge in [-0.25, -0.2) is 9.97 Å². The molecule has 134 valence electrons. The van der Waals surface area contributed by atoms with Gasteiger partial charge in [0.1, 0.15) is 0 Å². The van der Waals surface area contributed by atoms with Crippen molar-refractivity contribution >= 4 is 0 Å². The minimum Gasteiger partial charge on any atom is -0.321 e. The van der Waals surface area contributed by atoms with Crippen molar-refractivity contribution in [2.75, 3.05) is 0 Å². The molecule has 0 fully saturated rings. The first-order valence-electron chi connectivity index (χ1n) is 8.66. The number of nitrogens with zero attached hydrogens (tertiary/aromatic N) is 5. The summed E-state index contributed by atoms with van der Waals surface area (Å²) in [6.45, 7) is 4.03. The molecule has 4 aromatic rings. The van der Waals surface area contributed by atoms with E-state index in [1.165, 1.54) is 0 Å². The number of aromatic amines is 1. The van der Waals surface area contributed by atoms with E-state index in [0.29, 0.717) is 23.0 Å². The Morgan fingerprint density at radius 1 is 1.00 bits per heavy atom. The molecule has 0 amide bonds. The van der Waals surface area contributed by atoms with Crippen LogP contribution in [0.1, 0.15) is 25.6 Å². The van der Waals surface area contributed by atoms with Crippen molar-refractivity contribution in [3.63, 3.8) is 0 Å². The van der Waals surface area contributed by atoms with Crippen LogP contribution >= 0.6 is 0 Å². The molecule has 0 radical (unpaired) electrons. The highest BCUT2D eigenvalue weighted by molar-refractivity contribution is 5.63. The van der Waals surface area contributed by atoms with E-state index in [9.17, 15) is 4.79 Å². The van der Waals surface area contributed by atoms with Crippen LogP contribution in [0, 0.1) is 0 Å². The lowest BCUT2D eigenvalue weighted by Crippen LogP contribution is -2.13. The van der Waals surface area contributed by atoms with Crippen molar-refractivity contribution < 1.29 is 0 Å². The third kappa shape index (κ3) is 3.27. The lowest BCUT2D eigenvalue weighted by atomic mass is 10.1. The predicted molar refractivity (Wildman–Crippen MR) is 103 cm³/mol. The molecule has 4 rings (SSSR count). The first kappa shape index (κ1) is 16.8. The van der Waals surface area contributed by atoms with Gasteiger partial charge in [-0.05, 0) is 36.4 Å². The minimum atomic E-state index is -0.232. The van der Waals surface area contributed by atoms with Gasteiger partial charge in [0.25, 0.3) is 5.56 Å². The van der Waals surface area contributed by atoms with Gasteiger partial charge in [-0.15, -0.1) is 5.10 Å². The fraction of sp³-hybridized carbons (Fsp3) is 0.150. The molecule has 0 aliphatic carbocycles. The Kier molecular flexibility index (Phi) is 4.33. The van der Waals surface area contributed by atoms with E-state index < -0.39 is 0 Å². The molecule has 7 heteroatoms. The van der Waals surface area contributed by atoms with Gasteiger partial charge >= 0.3 is 0 Å². The van der Waals surface area contributed by atoms with E-state index in [1.54, 1.807) is 29.3 Å². The SMILES string of the molecule is CC(C)c1nc(-c2ccc(-c3ccncc3)[nH]c2=O)n(-c2ccccn2)n1. The van der Waals surface area contributed by atoms with Crippen LogP contribution in [-0.2, 0) is 0 Å². The van der Waals surface area contributed by atoms with Gasteiger partial charge in [-0.1, -0.05) is 19.9 Å². The van der Waals surface area contributed by atoms with Gasteiger partial charge in [0, 0.05) is 35.8 Å². The van der Waals surface area contributed by atoms with Crippen molar-refractivity contribution in [2.45, 2.75) is 19.8 Å². The summed E-state index contributed by atoms with van der Waals surface area (Å²) in [5.41, 5.74) is 1.82. The van der Waals surface area contributed by atoms with Crippen LogP contribution in [0.15, 0.2) is 65.8 Å². The van der Waals surface area contributed by atoms with Crippen LogP contribution in [0.25, 0.3) is 28.5 Å². The van der Waals surface area contributed by atoms with Crippen molar-refractivity contribution in [3.8, 4) is 28.5 Å². The van der Waals surface area contributed by atoms with E-state index in [-0.39, 0.29) is 11.5 Å². The Morgan fingerprint density at radius 3 is 2.48 bits per heavy atom. The summed E-state index contributed by atoms with van der Waals surface area (Å²) < 4.78 is 1.62. The van der Waals surface area contributed by atoms with Crippen LogP contribution in [0.4, 0.5) is 0 Å². The molecule has 0 aliphatic heterocycles. The molecule has 4 aromatic heterocycles. The lowest BCUT2D eigenvalue weighted by molar-refractivity contribution is 0.747. The molecule has 0 unspecified atom stereocenters. The van der Waals surface area contributed by atoms with Crippen LogP contribution in [0.2, 0.25) is 0 Å². The average molecular weight is 358 g/mol. The van der Waals surface area contributed by atoms with Crippen LogP contribution in [0.5, 0.6) is 0 Å². The zero-order valence-electron chi connectivity index (χ0n) is 15.0. The maximum Gasteiger partial charge on any atom is 0.259 e. The van der Waals surface area contributed by atoms with Crippen molar-refractivity contribution in [2.24, 2.45) is 0 Å². The Bertz CT molecular complexity index is 1120. The number of nitrogens with one attached hydrogen (secondary N) is 1. The van der Waals surface area contributed by atoms with Gasteiger partial charge in [0.2, 0.25) is 0 Å². The summed E-state index contributed by atoms with van der Waals surface area (Å²) in [6, 6.07) is 12.9. The molecular formula is C20H18N6O. The van der Waals surface area contributed by atoms with Gasteiger partial charge in [0.05, 0.1) is 5.56 Å². The molecule has 4 heterocycles. The van der Waals surface area contributed by atoms with Crippen LogP contribution < -0.4 is 5.56 Å². The van der Waals surface area contributed by atoms with E-state index in [1.807, 2.05) is 50.2 Å². The Labute approximate surface area is 155 Å². The first-order chi connectivity index (χ1) is 13.1. The maximum atomic E-state index is 12.8. The summed E-state index contributed by atoms with van der Waals surface area (Å²) in [7, 11) is 0. The normalized spacial score (nSPS) is 11.1. The zero-order chi connectivity index (χ0) is 18.8. The highest BCUT2D eigenvalue weighted by atomic mass is 16.1. The third-order valence-electron chi connectivity index (χ3n) is 4.15. The second kappa shape index (κ2) is 6.95. The van der Waals surface area contributed by atoms with Crippen molar-refractivity contribution in [1.82, 2.24) is 29.7 Å². The van der Waals surface area contributed by atoms with Gasteiger partial charge in [-0.2, -0.15) is 4.68 Å². The summed E-state index contributed by atoms with van der Waals surface area (Å²) >= 11 is 0. The van der Waals surface area contributed by atoms with Crippen molar-refractivity contribution in [3.05, 3.63) is 77.2 Å². The molecule has 0 aliphatic rings. The molecule has 7 nitrogen and oxygen atoms in total. The maximum absolute atomic E-state index is 12.8. The second-order valence-electron chi connectivity index (χ2n) is 6.40. The topological polar surface area (TPSA) is 89.4 Å². The highest BCUT2D eigenvalue weighted by Gasteiger charge is 2.18. The van der Waals surface area contributed by atoms with Gasteiger partial charge in [-0.3, -0.25) is 9.78 Å². The molecule has 1 N–H and O–H groups in total. The molecule has 0 atom stereocenters. The quantitative estimate of drug-likeness (QED) is 0.605. The van der Waals surface area contributed by atoms with E-state index in [2.05, 4.69) is 25.0 Å². The number of pyridine rings is 3. The molecule has 0 saturated heterocycles. The first-order valence-corrected chi connectivity index (χ1v) is 8.66. The molecule has 0 saturated carbocycles. The Balaban J connectivity index is 1.85. The summed E-state index contributed by atoms with van der Waals surface area (Å²) in [4.78, 5) is 28.7. The van der Waals surface area contributed by atoms with Crippen LogP contribution in [0.3, 0.4) is 0 Å². The van der Waals surface area contributed by atoms with Crippen molar-refractivity contribution in [1.29, 1.82) is 0 Å². The van der Waals surface area contributed by atoms with Crippen LogP contribution in [-0.4, -0.2) is 29.7 Å². The fourth-order valence-electron chi connectivity index (χ4n) is 2.74. The molecule has 0 aromatic carbocycles. The molecule has 0 spiro atoms. The number of hydrogen-bond donors (Lipinski definition) is 1.